The van der Waals surface area contributed by atoms with Gasteiger partial charge in [0.05, 0.1) is 13.2 Å². The molecule has 1 aliphatic carbocycles. The Kier molecular flexibility index (Phi) is 38.0. The number of halogens is 3. The Morgan fingerprint density at radius 2 is 0.667 bits per heavy atom. The summed E-state index contributed by atoms with van der Waals surface area (Å²) in [5.74, 6) is -4.91. The zero-order valence-electron chi connectivity index (χ0n) is 44.7. The fraction of sp³-hybridized carbons (Fsp3) is 0.885. The summed E-state index contributed by atoms with van der Waals surface area (Å²) in [5, 5.41) is 12.6. The molecule has 1 aliphatic heterocycles. The fourth-order valence-electron chi connectivity index (χ4n) is 11.6. The van der Waals surface area contributed by atoms with Gasteiger partial charge in [0, 0.05) is 30.9 Å². The van der Waals surface area contributed by atoms with Gasteiger partial charge in [0.25, 0.3) is 0 Å². The van der Waals surface area contributed by atoms with E-state index >= 15 is 4.39 Å². The summed E-state index contributed by atoms with van der Waals surface area (Å²) in [6, 6.07) is 0.721. The highest BCUT2D eigenvalue weighted by Crippen LogP contribution is 2.38. The summed E-state index contributed by atoms with van der Waals surface area (Å²) in [4.78, 5) is 12.2. The van der Waals surface area contributed by atoms with Crippen molar-refractivity contribution in [2.45, 2.75) is 332 Å². The molecule has 1 heterocycles. The van der Waals surface area contributed by atoms with Gasteiger partial charge in [-0.05, 0) is 24.5 Å². The molecular formula is C61H108F3NO4. The highest BCUT2D eigenvalue weighted by atomic mass is 19.2. The average Bonchev–Trinajstić information content (AvgIpc) is 3.80. The summed E-state index contributed by atoms with van der Waals surface area (Å²) >= 11 is 0. The molecule has 3 rings (SSSR count). The third-order valence-electron chi connectivity index (χ3n) is 15.9. The second-order valence-corrected chi connectivity index (χ2v) is 22.1. The molecule has 2 atom stereocenters. The number of hydrogen-bond acceptors (Lipinski definition) is 3. The van der Waals surface area contributed by atoms with E-state index in [1.54, 1.807) is 0 Å². The summed E-state index contributed by atoms with van der Waals surface area (Å²) in [5.41, 5.74) is 0.00936. The van der Waals surface area contributed by atoms with Crippen molar-refractivity contribution in [3.05, 3.63) is 35.1 Å². The van der Waals surface area contributed by atoms with E-state index in [0.717, 1.165) is 51.0 Å². The Bertz CT molecular complexity index is 1340. The van der Waals surface area contributed by atoms with Gasteiger partial charge in [-0.3, -0.25) is 0 Å². The Morgan fingerprint density at radius 1 is 0.406 bits per heavy atom. The topological polar surface area (TPSA) is 67.8 Å². The maximum Gasteiger partial charge on any atom is 0.404 e. The van der Waals surface area contributed by atoms with Gasteiger partial charge in [-0.2, -0.15) is 0 Å². The summed E-state index contributed by atoms with van der Waals surface area (Å²) < 4.78 is 56.8. The van der Waals surface area contributed by atoms with E-state index in [4.69, 9.17) is 9.47 Å². The quantitative estimate of drug-likeness (QED) is 0.290. The van der Waals surface area contributed by atoms with Crippen LogP contribution < -0.4 is 5.32 Å². The lowest BCUT2D eigenvalue weighted by Gasteiger charge is -2.36. The maximum absolute atomic E-state index is 15.5. The molecule has 1 saturated heterocycles. The Labute approximate surface area is 423 Å². The van der Waals surface area contributed by atoms with Crippen molar-refractivity contribution in [3.8, 4) is 0 Å². The number of carbonyl (C=O) groups is 1. The number of nitrogens with one attached hydrogen (secondary N) is 1. The molecule has 69 heavy (non-hydrogen) atoms. The Hall–Kier alpha value is -1.80. The predicted octanol–water partition coefficient (Wildman–Crippen LogP) is 20.7. The van der Waals surface area contributed by atoms with E-state index in [9.17, 15) is 18.7 Å². The maximum atomic E-state index is 15.5. The molecule has 0 bridgehead atoms. The summed E-state index contributed by atoms with van der Waals surface area (Å²) in [6.07, 6.45) is 61.0. The molecule has 2 unspecified atom stereocenters. The van der Waals surface area contributed by atoms with Gasteiger partial charge in [0.15, 0.2) is 17.4 Å². The molecule has 1 aromatic rings. The number of ether oxygens (including phenoxy) is 2. The molecular weight excluding hydrogens is 868 g/mol. The minimum atomic E-state index is -1.24. The number of amides is 1. The number of hydrogen-bond donors (Lipinski definition) is 2. The van der Waals surface area contributed by atoms with Gasteiger partial charge >= 0.3 is 6.09 Å². The van der Waals surface area contributed by atoms with Crippen molar-refractivity contribution in [1.82, 2.24) is 5.32 Å². The first kappa shape index (κ1) is 61.5. The normalized spacial score (nSPS) is 24.8. The average molecular weight is 977 g/mol. The van der Waals surface area contributed by atoms with Crippen molar-refractivity contribution in [3.63, 3.8) is 0 Å². The van der Waals surface area contributed by atoms with E-state index in [0.29, 0.717) is 32.1 Å². The predicted molar refractivity (Wildman–Crippen MR) is 285 cm³/mol. The molecule has 8 heteroatoms. The number of benzene rings is 1. The van der Waals surface area contributed by atoms with E-state index < -0.39 is 41.3 Å². The van der Waals surface area contributed by atoms with E-state index in [1.807, 2.05) is 0 Å². The van der Waals surface area contributed by atoms with Gasteiger partial charge < -0.3 is 19.9 Å². The lowest BCUT2D eigenvalue weighted by atomic mass is 9.82. The van der Waals surface area contributed by atoms with Crippen LogP contribution in [0.3, 0.4) is 0 Å². The Morgan fingerprint density at radius 3 is 0.957 bits per heavy atom. The first-order valence-corrected chi connectivity index (χ1v) is 30.3. The van der Waals surface area contributed by atoms with Crippen LogP contribution in [-0.2, 0) is 9.47 Å². The van der Waals surface area contributed by atoms with E-state index in [-0.39, 0.29) is 12.0 Å². The van der Waals surface area contributed by atoms with Gasteiger partial charge in [0.1, 0.15) is 5.82 Å². The first-order valence-electron chi connectivity index (χ1n) is 30.3. The molecule has 0 radical (unpaired) electrons. The SMILES string of the molecule is O=C(O)NC1CC2(CCCCCCCCCCCCCCCCCCCCCCCCCCCCCCCCCCCCCCCCCCCCCCCCC1c1cc(F)c(F)cc1F)OCCO2. The van der Waals surface area contributed by atoms with E-state index in [2.05, 4.69) is 5.32 Å². The second kappa shape index (κ2) is 42.7. The summed E-state index contributed by atoms with van der Waals surface area (Å²) in [6.45, 7) is 0.813. The molecule has 1 saturated carbocycles. The van der Waals surface area contributed by atoms with Crippen LogP contribution in [-0.4, -0.2) is 36.2 Å². The van der Waals surface area contributed by atoms with Crippen molar-refractivity contribution >= 4 is 6.09 Å². The van der Waals surface area contributed by atoms with Crippen LogP contribution in [0.15, 0.2) is 12.1 Å². The molecule has 2 N–H and O–H groups in total. The van der Waals surface area contributed by atoms with Crippen LogP contribution in [0.25, 0.3) is 0 Å². The monoisotopic (exact) mass is 976 g/mol. The van der Waals surface area contributed by atoms with Crippen LogP contribution >= 0.6 is 0 Å². The van der Waals surface area contributed by atoms with Crippen molar-refractivity contribution in [2.24, 2.45) is 0 Å². The fourth-order valence-corrected chi connectivity index (χ4v) is 11.6. The van der Waals surface area contributed by atoms with Crippen molar-refractivity contribution in [2.75, 3.05) is 13.2 Å². The molecule has 1 amide bonds. The zero-order valence-corrected chi connectivity index (χ0v) is 44.7. The van der Waals surface area contributed by atoms with Crippen LogP contribution in [0.5, 0.6) is 0 Å². The van der Waals surface area contributed by atoms with Crippen LogP contribution in [0, 0.1) is 17.5 Å². The van der Waals surface area contributed by atoms with Crippen LogP contribution in [0.2, 0.25) is 0 Å². The van der Waals surface area contributed by atoms with Crippen LogP contribution in [0.4, 0.5) is 18.0 Å². The third kappa shape index (κ3) is 32.1. The van der Waals surface area contributed by atoms with Crippen molar-refractivity contribution in [1.29, 1.82) is 0 Å². The molecule has 5 nitrogen and oxygen atoms in total. The molecule has 0 aromatic heterocycles. The molecule has 2 fully saturated rings. The highest BCUT2D eigenvalue weighted by Gasteiger charge is 2.42. The van der Waals surface area contributed by atoms with Gasteiger partial charge in [-0.1, -0.05) is 289 Å². The standard InChI is InChI=1S/C61H108F3NO4/c62-56-52-58(64)57(63)51-55(56)54-47-45-43-41-39-37-35-33-31-29-27-25-23-21-19-17-15-13-11-9-7-5-3-1-2-4-6-8-10-12-14-16-18-20-22-24-26-28-30-32-34-36-38-40-42-44-46-48-61(68-49-50-69-61)53-59(54)65-60(66)67/h51-52,54,59,65H,1-50,53H2,(H,66,67). The minimum Gasteiger partial charge on any atom is -0.465 e. The molecule has 1 spiro atoms. The van der Waals surface area contributed by atoms with Gasteiger partial charge in [-0.25, -0.2) is 18.0 Å². The first-order chi connectivity index (χ1) is 33.9. The molecule has 402 valence electrons. The smallest absolute Gasteiger partial charge is 0.404 e. The van der Waals surface area contributed by atoms with E-state index in [1.165, 1.54) is 250 Å². The minimum absolute atomic E-state index is 0.00936. The Balaban J connectivity index is 1.41. The molecule has 1 aromatic carbocycles. The highest BCUT2D eigenvalue weighted by molar-refractivity contribution is 5.65. The number of carboxylic acid groups (broad SMARTS) is 1. The lowest BCUT2D eigenvalue weighted by molar-refractivity contribution is -0.172. The summed E-state index contributed by atoms with van der Waals surface area (Å²) in [7, 11) is 0. The van der Waals surface area contributed by atoms with Gasteiger partial charge in [0.2, 0.25) is 0 Å². The molecule has 2 aliphatic rings. The van der Waals surface area contributed by atoms with Crippen molar-refractivity contribution < 1.29 is 32.5 Å². The van der Waals surface area contributed by atoms with Crippen LogP contribution in [0.1, 0.15) is 326 Å². The zero-order chi connectivity index (χ0) is 49.1. The van der Waals surface area contributed by atoms with Gasteiger partial charge in [-0.15, -0.1) is 0 Å². The lowest BCUT2D eigenvalue weighted by Crippen LogP contribution is -2.46. The third-order valence-corrected chi connectivity index (χ3v) is 15.9. The largest absolute Gasteiger partial charge is 0.465 e. The second-order valence-electron chi connectivity index (χ2n) is 22.1. The number of rotatable bonds is 2.